The first kappa shape index (κ1) is 17.7. The Morgan fingerprint density at radius 3 is 2.45 bits per heavy atom. The van der Waals surface area contributed by atoms with Gasteiger partial charge in [0, 0.05) is 0 Å². The topological polar surface area (TPSA) is 32.8 Å². The summed E-state index contributed by atoms with van der Waals surface area (Å²) >= 11 is 0. The molecule has 0 aromatic heterocycles. The average molecular weight is 306 g/mol. The highest BCUT2D eigenvalue weighted by molar-refractivity contribution is 5.08. The maximum absolute atomic E-state index is 10.4. The second kappa shape index (κ2) is 6.88. The first-order valence-corrected chi connectivity index (χ1v) is 8.92. The van der Waals surface area contributed by atoms with E-state index < -0.39 is 5.60 Å². The SMILES string of the molecule is C/C1=C/CCC2(C)OC2CC/C(C)=C/CC(C(C)(C)O)CC1. The van der Waals surface area contributed by atoms with E-state index in [-0.39, 0.29) is 5.60 Å². The van der Waals surface area contributed by atoms with Gasteiger partial charge >= 0.3 is 0 Å². The lowest BCUT2D eigenvalue weighted by Gasteiger charge is -2.29. The van der Waals surface area contributed by atoms with Crippen LogP contribution in [0.15, 0.2) is 23.3 Å². The van der Waals surface area contributed by atoms with E-state index in [9.17, 15) is 5.11 Å². The van der Waals surface area contributed by atoms with Gasteiger partial charge in [-0.1, -0.05) is 23.3 Å². The fourth-order valence-electron chi connectivity index (χ4n) is 3.55. The van der Waals surface area contributed by atoms with E-state index in [4.69, 9.17) is 4.74 Å². The van der Waals surface area contributed by atoms with Crippen LogP contribution in [0.5, 0.6) is 0 Å². The second-order valence-electron chi connectivity index (χ2n) is 8.22. The standard InChI is InChI=1S/C20H34O2/c1-15-7-6-14-20(5)18(22-20)13-10-16(2)9-12-17(11-8-15)19(3,4)21/h7,9,17-18,21H,6,8,10-14H2,1-5H3/b15-7-,16-9+. The fourth-order valence-corrected chi connectivity index (χ4v) is 3.55. The lowest BCUT2D eigenvalue weighted by molar-refractivity contribution is 0.0145. The molecule has 3 atom stereocenters. The zero-order valence-electron chi connectivity index (χ0n) is 15.1. The molecule has 0 saturated carbocycles. The summed E-state index contributed by atoms with van der Waals surface area (Å²) in [6, 6.07) is 0. The summed E-state index contributed by atoms with van der Waals surface area (Å²) in [5.74, 6) is 0.330. The molecule has 3 unspecified atom stereocenters. The predicted octanol–water partition coefficient (Wildman–Crippen LogP) is 5.17. The third-order valence-corrected chi connectivity index (χ3v) is 5.61. The number of hydrogen-bond donors (Lipinski definition) is 1. The Kier molecular flexibility index (Phi) is 5.55. The Morgan fingerprint density at radius 1 is 1.14 bits per heavy atom. The monoisotopic (exact) mass is 306 g/mol. The molecule has 1 N–H and O–H groups in total. The number of ether oxygens (including phenoxy) is 1. The number of aliphatic hydroxyl groups is 1. The molecule has 2 rings (SSSR count). The number of epoxide rings is 1. The minimum atomic E-state index is -0.605. The molecule has 1 saturated heterocycles. The first-order chi connectivity index (χ1) is 10.2. The Morgan fingerprint density at radius 2 is 1.77 bits per heavy atom. The molecule has 0 radical (unpaired) electrons. The van der Waals surface area contributed by atoms with Gasteiger partial charge in [0.25, 0.3) is 0 Å². The van der Waals surface area contributed by atoms with E-state index in [1.807, 2.05) is 13.8 Å². The van der Waals surface area contributed by atoms with Gasteiger partial charge in [-0.15, -0.1) is 0 Å². The van der Waals surface area contributed by atoms with Crippen LogP contribution in [0.2, 0.25) is 0 Å². The summed E-state index contributed by atoms with van der Waals surface area (Å²) in [6.45, 7) is 10.6. The molecule has 0 bridgehead atoms. The molecule has 0 amide bonds. The van der Waals surface area contributed by atoms with E-state index in [0.29, 0.717) is 12.0 Å². The lowest BCUT2D eigenvalue weighted by Crippen LogP contribution is -2.30. The lowest BCUT2D eigenvalue weighted by atomic mass is 9.82. The summed E-state index contributed by atoms with van der Waals surface area (Å²) in [7, 11) is 0. The van der Waals surface area contributed by atoms with Crippen molar-refractivity contribution in [1.82, 2.24) is 0 Å². The van der Waals surface area contributed by atoms with Gasteiger partial charge in [0.05, 0.1) is 17.3 Å². The largest absolute Gasteiger partial charge is 0.390 e. The summed E-state index contributed by atoms with van der Waals surface area (Å²) in [5, 5.41) is 10.4. The van der Waals surface area contributed by atoms with E-state index in [0.717, 1.165) is 44.9 Å². The molecule has 2 heteroatoms. The van der Waals surface area contributed by atoms with Crippen LogP contribution >= 0.6 is 0 Å². The van der Waals surface area contributed by atoms with Gasteiger partial charge < -0.3 is 9.84 Å². The van der Waals surface area contributed by atoms with E-state index in [2.05, 4.69) is 32.9 Å². The van der Waals surface area contributed by atoms with Crippen molar-refractivity contribution in [3.05, 3.63) is 23.3 Å². The van der Waals surface area contributed by atoms with Gasteiger partial charge in [-0.2, -0.15) is 0 Å². The van der Waals surface area contributed by atoms with Crippen molar-refractivity contribution in [1.29, 1.82) is 0 Å². The van der Waals surface area contributed by atoms with E-state index in [1.165, 1.54) is 11.1 Å². The molecule has 2 nitrogen and oxygen atoms in total. The molecule has 126 valence electrons. The average Bonchev–Trinajstić information content (AvgIpc) is 3.04. The van der Waals surface area contributed by atoms with Crippen LogP contribution in [-0.2, 0) is 4.74 Å². The van der Waals surface area contributed by atoms with Crippen molar-refractivity contribution in [2.45, 2.75) is 96.9 Å². The minimum absolute atomic E-state index is 0.122. The van der Waals surface area contributed by atoms with Crippen molar-refractivity contribution in [2.75, 3.05) is 0 Å². The molecule has 1 heterocycles. The Hall–Kier alpha value is -0.600. The number of hydrogen-bond acceptors (Lipinski definition) is 2. The van der Waals surface area contributed by atoms with Gasteiger partial charge in [0.1, 0.15) is 0 Å². The summed E-state index contributed by atoms with van der Waals surface area (Å²) < 4.78 is 5.94. The molecule has 0 spiro atoms. The van der Waals surface area contributed by atoms with Gasteiger partial charge in [0.2, 0.25) is 0 Å². The molecule has 1 aliphatic heterocycles. The smallest absolute Gasteiger partial charge is 0.0923 e. The molecule has 2 aliphatic rings. The number of allylic oxidation sites excluding steroid dienone is 4. The van der Waals surface area contributed by atoms with Crippen LogP contribution in [0.25, 0.3) is 0 Å². The summed E-state index contributed by atoms with van der Waals surface area (Å²) in [5.41, 5.74) is 2.41. The molecule has 1 aliphatic carbocycles. The quantitative estimate of drug-likeness (QED) is 0.535. The van der Waals surface area contributed by atoms with Crippen LogP contribution in [0.4, 0.5) is 0 Å². The Balaban J connectivity index is 2.06. The Bertz CT molecular complexity index is 441. The predicted molar refractivity (Wildman–Crippen MR) is 92.9 cm³/mol. The van der Waals surface area contributed by atoms with Crippen molar-refractivity contribution >= 4 is 0 Å². The van der Waals surface area contributed by atoms with Gasteiger partial charge in [-0.25, -0.2) is 0 Å². The van der Waals surface area contributed by atoms with Crippen LogP contribution in [0.3, 0.4) is 0 Å². The number of rotatable bonds is 1. The summed E-state index contributed by atoms with van der Waals surface area (Å²) in [6.07, 6.45) is 12.8. The maximum Gasteiger partial charge on any atom is 0.0923 e. The summed E-state index contributed by atoms with van der Waals surface area (Å²) in [4.78, 5) is 0. The van der Waals surface area contributed by atoms with E-state index in [1.54, 1.807) is 0 Å². The highest BCUT2D eigenvalue weighted by Crippen LogP contribution is 2.43. The molecular weight excluding hydrogens is 272 g/mol. The Labute approximate surface area is 136 Å². The van der Waals surface area contributed by atoms with Crippen molar-refractivity contribution < 1.29 is 9.84 Å². The second-order valence-corrected chi connectivity index (χ2v) is 8.22. The first-order valence-electron chi connectivity index (χ1n) is 8.92. The molecule has 22 heavy (non-hydrogen) atoms. The normalized spacial score (nSPS) is 39.7. The molecular formula is C20H34O2. The highest BCUT2D eigenvalue weighted by Gasteiger charge is 2.50. The van der Waals surface area contributed by atoms with Crippen LogP contribution < -0.4 is 0 Å². The highest BCUT2D eigenvalue weighted by atomic mass is 16.6. The van der Waals surface area contributed by atoms with Crippen LogP contribution in [0, 0.1) is 5.92 Å². The number of fused-ring (bicyclic) bond motifs is 1. The van der Waals surface area contributed by atoms with Crippen molar-refractivity contribution in [3.8, 4) is 0 Å². The van der Waals surface area contributed by atoms with Crippen LogP contribution in [-0.4, -0.2) is 22.4 Å². The fraction of sp³-hybridized carbons (Fsp3) is 0.800. The van der Waals surface area contributed by atoms with Crippen molar-refractivity contribution in [3.63, 3.8) is 0 Å². The molecule has 0 aromatic carbocycles. The molecule has 0 aromatic rings. The third kappa shape index (κ3) is 4.96. The van der Waals surface area contributed by atoms with Gasteiger partial charge in [-0.05, 0) is 85.5 Å². The van der Waals surface area contributed by atoms with Gasteiger partial charge in [0.15, 0.2) is 0 Å². The van der Waals surface area contributed by atoms with E-state index >= 15 is 0 Å². The van der Waals surface area contributed by atoms with Gasteiger partial charge in [-0.3, -0.25) is 0 Å². The van der Waals surface area contributed by atoms with Crippen LogP contribution in [0.1, 0.15) is 79.6 Å². The van der Waals surface area contributed by atoms with Crippen molar-refractivity contribution in [2.24, 2.45) is 5.92 Å². The molecule has 1 fully saturated rings. The zero-order valence-corrected chi connectivity index (χ0v) is 15.1. The zero-order chi connectivity index (χ0) is 16.4. The third-order valence-electron chi connectivity index (χ3n) is 5.61. The maximum atomic E-state index is 10.4. The minimum Gasteiger partial charge on any atom is -0.390 e.